The maximum absolute atomic E-state index is 11.9. The van der Waals surface area contributed by atoms with Crippen LogP contribution in [0.4, 0.5) is 0 Å². The summed E-state index contributed by atoms with van der Waals surface area (Å²) in [6.07, 6.45) is 3.20. The molecule has 86 valence electrons. The molecule has 2 rings (SSSR count). The van der Waals surface area contributed by atoms with Gasteiger partial charge in [0.25, 0.3) is 5.91 Å². The van der Waals surface area contributed by atoms with Crippen molar-refractivity contribution >= 4 is 29.1 Å². The van der Waals surface area contributed by atoms with Crippen LogP contribution in [0.15, 0.2) is 12.1 Å². The van der Waals surface area contributed by atoms with E-state index in [-0.39, 0.29) is 21.8 Å². The summed E-state index contributed by atoms with van der Waals surface area (Å²) in [5, 5.41) is 3.45. The van der Waals surface area contributed by atoms with Crippen molar-refractivity contribution in [2.45, 2.75) is 31.7 Å². The number of nitrogens with one attached hydrogen (secondary N) is 1. The van der Waals surface area contributed by atoms with Gasteiger partial charge in [-0.2, -0.15) is 0 Å². The molecule has 3 nitrogen and oxygen atoms in total. The molecule has 0 aliphatic heterocycles. The van der Waals surface area contributed by atoms with Gasteiger partial charge in [-0.05, 0) is 38.3 Å². The number of halogens is 2. The quantitative estimate of drug-likeness (QED) is 0.829. The van der Waals surface area contributed by atoms with Crippen LogP contribution in [-0.2, 0) is 0 Å². The highest BCUT2D eigenvalue weighted by atomic mass is 35.5. The molecular formula is C11H12Cl2N2O. The van der Waals surface area contributed by atoms with E-state index in [2.05, 4.69) is 10.3 Å². The molecule has 0 spiro atoms. The standard InChI is InChI=1S/C11H12Cl2N2O/c1-11(3-2-4-11)15-10(16)7-5-8(12)14-9(13)6-7/h5-6H,2-4H2,1H3,(H,15,16). The number of carbonyl (C=O) groups is 1. The van der Waals surface area contributed by atoms with Crippen molar-refractivity contribution in [2.24, 2.45) is 0 Å². The Morgan fingerprint density at radius 1 is 1.38 bits per heavy atom. The Hall–Kier alpha value is -0.800. The van der Waals surface area contributed by atoms with Crippen LogP contribution in [-0.4, -0.2) is 16.4 Å². The average Bonchev–Trinajstić information content (AvgIpc) is 2.13. The van der Waals surface area contributed by atoms with E-state index in [1.807, 2.05) is 6.92 Å². The third kappa shape index (κ3) is 2.47. The van der Waals surface area contributed by atoms with Crippen LogP contribution in [0.25, 0.3) is 0 Å². The molecule has 5 heteroatoms. The minimum Gasteiger partial charge on any atom is -0.347 e. The molecule has 1 heterocycles. The lowest BCUT2D eigenvalue weighted by atomic mass is 9.78. The highest BCUT2D eigenvalue weighted by Crippen LogP contribution is 2.31. The summed E-state index contributed by atoms with van der Waals surface area (Å²) >= 11 is 11.5. The average molecular weight is 259 g/mol. The molecular weight excluding hydrogens is 247 g/mol. The summed E-state index contributed by atoms with van der Waals surface area (Å²) in [4.78, 5) is 15.7. The summed E-state index contributed by atoms with van der Waals surface area (Å²) in [6.45, 7) is 2.04. The first-order valence-corrected chi connectivity index (χ1v) is 5.90. The van der Waals surface area contributed by atoms with Gasteiger partial charge in [-0.15, -0.1) is 0 Å². The molecule has 0 atom stereocenters. The fourth-order valence-electron chi connectivity index (χ4n) is 1.77. The Balaban J connectivity index is 2.14. The lowest BCUT2D eigenvalue weighted by Gasteiger charge is -2.39. The number of rotatable bonds is 2. The maximum atomic E-state index is 11.9. The van der Waals surface area contributed by atoms with Crippen LogP contribution in [0.3, 0.4) is 0 Å². The van der Waals surface area contributed by atoms with Crippen LogP contribution in [0, 0.1) is 0 Å². The summed E-state index contributed by atoms with van der Waals surface area (Å²) in [7, 11) is 0. The second-order valence-electron chi connectivity index (χ2n) is 4.37. The first kappa shape index (κ1) is 11.7. The molecule has 16 heavy (non-hydrogen) atoms. The zero-order valence-electron chi connectivity index (χ0n) is 8.89. The Kier molecular flexibility index (Phi) is 3.08. The van der Waals surface area contributed by atoms with E-state index >= 15 is 0 Å². The SMILES string of the molecule is CC1(NC(=O)c2cc(Cl)nc(Cl)c2)CCC1. The second-order valence-corrected chi connectivity index (χ2v) is 5.14. The molecule has 1 N–H and O–H groups in total. The van der Waals surface area contributed by atoms with E-state index in [1.54, 1.807) is 0 Å². The third-order valence-electron chi connectivity index (χ3n) is 2.90. The molecule has 1 saturated carbocycles. The molecule has 0 aromatic carbocycles. The minimum atomic E-state index is -0.145. The van der Waals surface area contributed by atoms with Crippen molar-refractivity contribution in [3.63, 3.8) is 0 Å². The van der Waals surface area contributed by atoms with Crippen molar-refractivity contribution in [1.29, 1.82) is 0 Å². The van der Waals surface area contributed by atoms with Crippen molar-refractivity contribution in [3.05, 3.63) is 28.0 Å². The van der Waals surface area contributed by atoms with Crippen LogP contribution in [0.2, 0.25) is 10.3 Å². The van der Waals surface area contributed by atoms with E-state index < -0.39 is 0 Å². The predicted octanol–water partition coefficient (Wildman–Crippen LogP) is 3.06. The van der Waals surface area contributed by atoms with Gasteiger partial charge in [0.05, 0.1) is 0 Å². The predicted molar refractivity (Wildman–Crippen MR) is 64.0 cm³/mol. The van der Waals surface area contributed by atoms with E-state index in [1.165, 1.54) is 12.1 Å². The number of hydrogen-bond donors (Lipinski definition) is 1. The topological polar surface area (TPSA) is 42.0 Å². The second kappa shape index (κ2) is 4.22. The van der Waals surface area contributed by atoms with Crippen LogP contribution < -0.4 is 5.32 Å². The van der Waals surface area contributed by atoms with Gasteiger partial charge in [0.15, 0.2) is 0 Å². The number of nitrogens with zero attached hydrogens (tertiary/aromatic N) is 1. The van der Waals surface area contributed by atoms with Crippen LogP contribution in [0.1, 0.15) is 36.5 Å². The van der Waals surface area contributed by atoms with Crippen molar-refractivity contribution in [3.8, 4) is 0 Å². The molecule has 0 saturated heterocycles. The lowest BCUT2D eigenvalue weighted by molar-refractivity contribution is 0.0850. The zero-order chi connectivity index (χ0) is 11.8. The van der Waals surface area contributed by atoms with Gasteiger partial charge in [0.1, 0.15) is 10.3 Å². The fraction of sp³-hybridized carbons (Fsp3) is 0.455. The van der Waals surface area contributed by atoms with Crippen molar-refractivity contribution < 1.29 is 4.79 Å². The Labute approximate surface area is 104 Å². The third-order valence-corrected chi connectivity index (χ3v) is 3.28. The molecule has 0 unspecified atom stereocenters. The molecule has 0 bridgehead atoms. The number of pyridine rings is 1. The normalized spacial score (nSPS) is 17.7. The Bertz CT molecular complexity index is 410. The monoisotopic (exact) mass is 258 g/mol. The van der Waals surface area contributed by atoms with Crippen molar-refractivity contribution in [2.75, 3.05) is 0 Å². The van der Waals surface area contributed by atoms with Crippen molar-refractivity contribution in [1.82, 2.24) is 10.3 Å². The fourth-order valence-corrected chi connectivity index (χ4v) is 2.23. The minimum absolute atomic E-state index is 0.0701. The maximum Gasteiger partial charge on any atom is 0.251 e. The zero-order valence-corrected chi connectivity index (χ0v) is 10.4. The number of carbonyl (C=O) groups excluding carboxylic acids is 1. The van der Waals surface area contributed by atoms with E-state index in [9.17, 15) is 4.79 Å². The summed E-state index contributed by atoms with van der Waals surface area (Å²) in [5.74, 6) is -0.145. The summed E-state index contributed by atoms with van der Waals surface area (Å²) < 4.78 is 0. The van der Waals surface area contributed by atoms with E-state index in [0.29, 0.717) is 5.56 Å². The van der Waals surface area contributed by atoms with Gasteiger partial charge in [-0.3, -0.25) is 4.79 Å². The van der Waals surface area contributed by atoms with E-state index in [4.69, 9.17) is 23.2 Å². The van der Waals surface area contributed by atoms with Crippen LogP contribution in [0.5, 0.6) is 0 Å². The van der Waals surface area contributed by atoms with Gasteiger partial charge in [0, 0.05) is 11.1 Å². The summed E-state index contributed by atoms with van der Waals surface area (Å²) in [6, 6.07) is 3.04. The number of aromatic nitrogens is 1. The highest BCUT2D eigenvalue weighted by Gasteiger charge is 2.33. The largest absolute Gasteiger partial charge is 0.347 e. The molecule has 1 fully saturated rings. The molecule has 0 radical (unpaired) electrons. The van der Waals surface area contributed by atoms with Gasteiger partial charge in [0.2, 0.25) is 0 Å². The van der Waals surface area contributed by atoms with Gasteiger partial charge in [-0.25, -0.2) is 4.98 Å². The molecule has 1 aromatic heterocycles. The van der Waals surface area contributed by atoms with Gasteiger partial charge in [-0.1, -0.05) is 23.2 Å². The number of hydrogen-bond acceptors (Lipinski definition) is 2. The Morgan fingerprint density at radius 2 is 1.94 bits per heavy atom. The molecule has 1 aromatic rings. The lowest BCUT2D eigenvalue weighted by Crippen LogP contribution is -2.50. The Morgan fingerprint density at radius 3 is 2.38 bits per heavy atom. The smallest absolute Gasteiger partial charge is 0.251 e. The first-order chi connectivity index (χ1) is 7.48. The van der Waals surface area contributed by atoms with Gasteiger partial charge < -0.3 is 5.32 Å². The van der Waals surface area contributed by atoms with Gasteiger partial charge >= 0.3 is 0 Å². The number of amides is 1. The highest BCUT2D eigenvalue weighted by molar-refractivity contribution is 6.33. The first-order valence-electron chi connectivity index (χ1n) is 5.14. The van der Waals surface area contributed by atoms with E-state index in [0.717, 1.165) is 19.3 Å². The molecule has 1 aliphatic rings. The molecule has 1 amide bonds. The molecule has 1 aliphatic carbocycles. The van der Waals surface area contributed by atoms with Crippen LogP contribution >= 0.6 is 23.2 Å². The summed E-state index contributed by atoms with van der Waals surface area (Å²) in [5.41, 5.74) is 0.386.